The van der Waals surface area contributed by atoms with Crippen LogP contribution in [-0.2, 0) is 0 Å². The normalized spacial score (nSPS) is 24.0. The summed E-state index contributed by atoms with van der Waals surface area (Å²) >= 11 is 0. The maximum atomic E-state index is 3.09. The summed E-state index contributed by atoms with van der Waals surface area (Å²) in [7, 11) is 0. The Hall–Kier alpha value is -0.360. The highest BCUT2D eigenvalue weighted by molar-refractivity contribution is 4.50. The largest absolute Gasteiger partial charge is 0.243 e. The maximum absolute atomic E-state index is 3.09. The zero-order valence-electron chi connectivity index (χ0n) is 14.4. The quantitative estimate of drug-likeness (QED) is 0.310. The predicted molar refractivity (Wildman–Crippen MR) is 93.4 cm³/mol. The standard InChI is InChI=1S/C14H37N9/c1-2-4-6-8-10-12-14-16-18-20-22-23-21-19-17-15-13-11-9-7-5-3-1/h15-23H,1-14H2. The van der Waals surface area contributed by atoms with E-state index in [1.54, 1.807) is 0 Å². The van der Waals surface area contributed by atoms with Gasteiger partial charge in [0.05, 0.1) is 0 Å². The molecule has 0 bridgehead atoms. The van der Waals surface area contributed by atoms with Gasteiger partial charge in [-0.05, 0) is 12.8 Å². The van der Waals surface area contributed by atoms with Crippen LogP contribution in [0, 0.1) is 0 Å². The van der Waals surface area contributed by atoms with Gasteiger partial charge in [0.1, 0.15) is 0 Å². The van der Waals surface area contributed by atoms with E-state index in [1.165, 1.54) is 77.0 Å². The van der Waals surface area contributed by atoms with Gasteiger partial charge < -0.3 is 0 Å². The molecule has 0 radical (unpaired) electrons. The summed E-state index contributed by atoms with van der Waals surface area (Å²) in [4.78, 5) is 0. The Labute approximate surface area is 140 Å². The highest BCUT2D eigenvalue weighted by Gasteiger charge is 1.94. The van der Waals surface area contributed by atoms with Crippen molar-refractivity contribution < 1.29 is 0 Å². The summed E-state index contributed by atoms with van der Waals surface area (Å²) in [6, 6.07) is 0. The minimum Gasteiger partial charge on any atom is -0.243 e. The van der Waals surface area contributed by atoms with E-state index in [0.29, 0.717) is 0 Å². The monoisotopic (exact) mass is 331 g/mol. The SMILES string of the molecule is C1CCCCCCCNNNNNNNNNCCCCCC1. The average molecular weight is 332 g/mol. The van der Waals surface area contributed by atoms with Crippen LogP contribution in [0.2, 0.25) is 0 Å². The van der Waals surface area contributed by atoms with E-state index < -0.39 is 0 Å². The second-order valence-corrected chi connectivity index (χ2v) is 5.97. The van der Waals surface area contributed by atoms with Crippen molar-refractivity contribution in [2.45, 2.75) is 77.0 Å². The van der Waals surface area contributed by atoms with Crippen molar-refractivity contribution in [2.24, 2.45) is 0 Å². The third-order valence-electron chi connectivity index (χ3n) is 3.91. The lowest BCUT2D eigenvalue weighted by atomic mass is 10.1. The Morgan fingerprint density at radius 2 is 0.522 bits per heavy atom. The zero-order valence-corrected chi connectivity index (χ0v) is 14.4. The smallest absolute Gasteiger partial charge is 0.0113 e. The van der Waals surface area contributed by atoms with Crippen LogP contribution in [0.1, 0.15) is 77.0 Å². The Kier molecular flexibility index (Phi) is 16.2. The molecule has 1 aliphatic rings. The van der Waals surface area contributed by atoms with Gasteiger partial charge >= 0.3 is 0 Å². The predicted octanol–water partition coefficient (Wildman–Crippen LogP) is 0.308. The minimum absolute atomic E-state index is 0.950. The summed E-state index contributed by atoms with van der Waals surface area (Å²) in [5, 5.41) is 0. The van der Waals surface area contributed by atoms with Crippen molar-refractivity contribution in [3.05, 3.63) is 0 Å². The van der Waals surface area contributed by atoms with Gasteiger partial charge in [0.25, 0.3) is 0 Å². The number of hydrogen-bond acceptors (Lipinski definition) is 9. The second-order valence-electron chi connectivity index (χ2n) is 5.97. The molecule has 0 aromatic carbocycles. The molecule has 0 unspecified atom stereocenters. The van der Waals surface area contributed by atoms with Gasteiger partial charge in [-0.1, -0.05) is 64.2 Å². The van der Waals surface area contributed by atoms with Gasteiger partial charge in [-0.25, -0.2) is 10.9 Å². The Morgan fingerprint density at radius 3 is 0.870 bits per heavy atom. The molecule has 1 saturated heterocycles. The van der Waals surface area contributed by atoms with E-state index in [-0.39, 0.29) is 0 Å². The van der Waals surface area contributed by atoms with E-state index in [2.05, 4.69) is 49.6 Å². The lowest BCUT2D eigenvalue weighted by molar-refractivity contribution is 0.242. The molecule has 138 valence electrons. The molecule has 1 aliphatic heterocycles. The van der Waals surface area contributed by atoms with Gasteiger partial charge in [-0.15, -0.1) is 0 Å². The molecule has 1 heterocycles. The van der Waals surface area contributed by atoms with E-state index in [4.69, 9.17) is 0 Å². The van der Waals surface area contributed by atoms with Crippen LogP contribution in [0.3, 0.4) is 0 Å². The van der Waals surface area contributed by atoms with E-state index in [0.717, 1.165) is 13.1 Å². The van der Waals surface area contributed by atoms with Gasteiger partial charge in [-0.3, -0.25) is 0 Å². The summed E-state index contributed by atoms with van der Waals surface area (Å²) in [5.41, 5.74) is 25.5. The van der Waals surface area contributed by atoms with Crippen molar-refractivity contribution in [3.8, 4) is 0 Å². The zero-order chi connectivity index (χ0) is 16.3. The fourth-order valence-corrected chi connectivity index (χ4v) is 2.56. The number of hydrazine groups is 8. The highest BCUT2D eigenvalue weighted by Crippen LogP contribution is 2.11. The first-order valence-electron chi connectivity index (χ1n) is 9.21. The molecule has 1 rings (SSSR count). The number of hydrogen-bond donors (Lipinski definition) is 9. The number of rotatable bonds is 0. The average Bonchev–Trinajstić information content (AvgIpc) is 2.56. The van der Waals surface area contributed by atoms with E-state index >= 15 is 0 Å². The number of nitrogens with one attached hydrogen (secondary N) is 9. The van der Waals surface area contributed by atoms with Gasteiger partial charge in [-0.2, -0.15) is 38.7 Å². The van der Waals surface area contributed by atoms with E-state index in [9.17, 15) is 0 Å². The lowest BCUT2D eigenvalue weighted by Crippen LogP contribution is -2.64. The fraction of sp³-hybridized carbons (Fsp3) is 1.00. The third-order valence-corrected chi connectivity index (χ3v) is 3.91. The molecule has 0 amide bonds. The topological polar surface area (TPSA) is 108 Å². The van der Waals surface area contributed by atoms with Gasteiger partial charge in [0.15, 0.2) is 0 Å². The Bertz CT molecular complexity index is 126. The highest BCUT2D eigenvalue weighted by atomic mass is 15.9. The maximum Gasteiger partial charge on any atom is 0.0113 e. The van der Waals surface area contributed by atoms with Crippen LogP contribution in [0.5, 0.6) is 0 Å². The summed E-state index contributed by atoms with van der Waals surface area (Å²) < 4.78 is 0. The molecule has 0 saturated carbocycles. The minimum atomic E-state index is 0.950. The second kappa shape index (κ2) is 18.0. The van der Waals surface area contributed by atoms with Crippen molar-refractivity contribution in [3.63, 3.8) is 0 Å². The van der Waals surface area contributed by atoms with Crippen molar-refractivity contribution in [2.75, 3.05) is 13.1 Å². The van der Waals surface area contributed by atoms with Crippen molar-refractivity contribution >= 4 is 0 Å². The van der Waals surface area contributed by atoms with Crippen LogP contribution in [0.4, 0.5) is 0 Å². The van der Waals surface area contributed by atoms with Gasteiger partial charge in [0.2, 0.25) is 0 Å². The lowest BCUT2D eigenvalue weighted by Gasteiger charge is -2.13. The molecule has 9 N–H and O–H groups in total. The first-order chi connectivity index (χ1) is 11.5. The molecule has 0 aromatic heterocycles. The molecule has 9 nitrogen and oxygen atoms in total. The molecule has 0 aromatic rings. The molecule has 23 heavy (non-hydrogen) atoms. The Morgan fingerprint density at radius 1 is 0.261 bits per heavy atom. The summed E-state index contributed by atoms with van der Waals surface area (Å²) in [6.07, 6.45) is 16.1. The van der Waals surface area contributed by atoms with Crippen molar-refractivity contribution in [1.29, 1.82) is 0 Å². The van der Waals surface area contributed by atoms with Crippen LogP contribution >= 0.6 is 0 Å². The fourth-order valence-electron chi connectivity index (χ4n) is 2.56. The summed E-state index contributed by atoms with van der Waals surface area (Å²) in [6.45, 7) is 1.90. The van der Waals surface area contributed by atoms with Crippen LogP contribution in [-0.4, -0.2) is 13.1 Å². The van der Waals surface area contributed by atoms with Crippen LogP contribution in [0.15, 0.2) is 0 Å². The molecule has 0 aliphatic carbocycles. The first kappa shape index (κ1) is 20.7. The van der Waals surface area contributed by atoms with Gasteiger partial charge in [0, 0.05) is 13.1 Å². The molecular formula is C14H37N9. The van der Waals surface area contributed by atoms with Crippen molar-refractivity contribution in [1.82, 2.24) is 49.6 Å². The molecule has 1 fully saturated rings. The molecular weight excluding hydrogens is 294 g/mol. The molecule has 0 atom stereocenters. The third kappa shape index (κ3) is 16.3. The van der Waals surface area contributed by atoms with Crippen LogP contribution in [0.25, 0.3) is 0 Å². The molecule has 0 spiro atoms. The summed E-state index contributed by atoms with van der Waals surface area (Å²) in [5.74, 6) is 0. The van der Waals surface area contributed by atoms with E-state index in [1.807, 2.05) is 0 Å². The molecule has 9 heteroatoms. The van der Waals surface area contributed by atoms with Crippen LogP contribution < -0.4 is 49.6 Å². The Balaban J connectivity index is 2.00. The first-order valence-corrected chi connectivity index (χ1v) is 9.21.